The summed E-state index contributed by atoms with van der Waals surface area (Å²) < 4.78 is 18.3. The van der Waals surface area contributed by atoms with Gasteiger partial charge in [-0.15, -0.1) is 0 Å². The second-order valence-electron chi connectivity index (χ2n) is 3.30. The van der Waals surface area contributed by atoms with Gasteiger partial charge in [-0.25, -0.2) is 4.39 Å². The maximum absolute atomic E-state index is 13.3. The Morgan fingerprint density at radius 2 is 2.08 bits per heavy atom. The molecule has 1 rings (SSSR count). The number of nitrogens with zero attached hydrogens (tertiary/aromatic N) is 1. The number of ether oxygens (including phenoxy) is 1. The highest BCUT2D eigenvalue weighted by Gasteiger charge is 2.11. The average molecular weight is 183 g/mol. The zero-order chi connectivity index (χ0) is 10.0. The summed E-state index contributed by atoms with van der Waals surface area (Å²) in [7, 11) is 1.51. The summed E-state index contributed by atoms with van der Waals surface area (Å²) in [6.45, 7) is 5.64. The van der Waals surface area contributed by atoms with Crippen LogP contribution in [0.25, 0.3) is 0 Å². The summed E-state index contributed by atoms with van der Waals surface area (Å²) in [5.74, 6) is 0.309. The van der Waals surface area contributed by atoms with Gasteiger partial charge in [-0.1, -0.05) is 13.8 Å². The van der Waals surface area contributed by atoms with Gasteiger partial charge in [0.1, 0.15) is 11.6 Å². The zero-order valence-corrected chi connectivity index (χ0v) is 8.39. The molecular weight excluding hydrogens is 169 g/mol. The first kappa shape index (κ1) is 9.96. The summed E-state index contributed by atoms with van der Waals surface area (Å²) in [4.78, 5) is 4.14. The van der Waals surface area contributed by atoms with E-state index in [1.165, 1.54) is 13.2 Å². The fourth-order valence-corrected chi connectivity index (χ4v) is 1.19. The number of aromatic nitrogens is 1. The topological polar surface area (TPSA) is 22.1 Å². The molecule has 0 atom stereocenters. The van der Waals surface area contributed by atoms with Gasteiger partial charge in [0.15, 0.2) is 0 Å². The highest BCUT2D eigenvalue weighted by molar-refractivity contribution is 5.30. The van der Waals surface area contributed by atoms with E-state index in [9.17, 15) is 4.39 Å². The van der Waals surface area contributed by atoms with Gasteiger partial charge in [0.05, 0.1) is 18.5 Å². The smallest absolute Gasteiger partial charge is 0.148 e. The number of methoxy groups -OCH3 is 1. The number of hydrogen-bond donors (Lipinski definition) is 0. The van der Waals surface area contributed by atoms with E-state index in [2.05, 4.69) is 4.98 Å². The first-order chi connectivity index (χ1) is 6.06. The largest absolute Gasteiger partial charge is 0.495 e. The molecule has 0 aromatic carbocycles. The van der Waals surface area contributed by atoms with Gasteiger partial charge >= 0.3 is 0 Å². The van der Waals surface area contributed by atoms with E-state index >= 15 is 0 Å². The van der Waals surface area contributed by atoms with Crippen molar-refractivity contribution in [3.8, 4) is 5.75 Å². The van der Waals surface area contributed by atoms with E-state index < -0.39 is 0 Å². The number of pyridine rings is 1. The average Bonchev–Trinajstić information content (AvgIpc) is 2.07. The van der Waals surface area contributed by atoms with Crippen LogP contribution in [0.4, 0.5) is 4.39 Å². The van der Waals surface area contributed by atoms with E-state index in [4.69, 9.17) is 4.74 Å². The van der Waals surface area contributed by atoms with Crippen LogP contribution in [-0.2, 0) is 0 Å². The zero-order valence-electron chi connectivity index (χ0n) is 8.39. The van der Waals surface area contributed by atoms with Crippen molar-refractivity contribution in [3.05, 3.63) is 23.3 Å². The summed E-state index contributed by atoms with van der Waals surface area (Å²) in [5.41, 5.74) is 1.23. The van der Waals surface area contributed by atoms with Gasteiger partial charge in [0.25, 0.3) is 0 Å². The lowest BCUT2D eigenvalue weighted by Crippen LogP contribution is -2.01. The van der Waals surface area contributed by atoms with Crippen LogP contribution < -0.4 is 4.74 Å². The van der Waals surface area contributed by atoms with Crippen LogP contribution in [0, 0.1) is 12.7 Å². The van der Waals surface area contributed by atoms with Crippen molar-refractivity contribution in [2.24, 2.45) is 0 Å². The third kappa shape index (κ3) is 1.97. The van der Waals surface area contributed by atoms with Crippen molar-refractivity contribution in [1.29, 1.82) is 0 Å². The normalized spacial score (nSPS) is 10.6. The summed E-state index contributed by atoms with van der Waals surface area (Å²) in [6.07, 6.45) is 0. The first-order valence-corrected chi connectivity index (χ1v) is 4.27. The van der Waals surface area contributed by atoms with Crippen LogP contribution in [0.3, 0.4) is 0 Å². The second-order valence-corrected chi connectivity index (χ2v) is 3.30. The SMILES string of the molecule is COc1cc(F)c(C(C)C)nc1C. The molecule has 0 unspecified atom stereocenters. The molecule has 0 saturated carbocycles. The summed E-state index contributed by atoms with van der Waals surface area (Å²) in [6, 6.07) is 1.39. The van der Waals surface area contributed by atoms with Gasteiger partial charge < -0.3 is 4.74 Å². The molecule has 72 valence electrons. The highest BCUT2D eigenvalue weighted by atomic mass is 19.1. The summed E-state index contributed by atoms with van der Waals surface area (Å²) in [5, 5.41) is 0. The minimum absolute atomic E-state index is 0.101. The van der Waals surface area contributed by atoms with E-state index in [-0.39, 0.29) is 11.7 Å². The molecule has 1 aromatic heterocycles. The molecule has 3 heteroatoms. The monoisotopic (exact) mass is 183 g/mol. The quantitative estimate of drug-likeness (QED) is 0.703. The van der Waals surface area contributed by atoms with Crippen molar-refractivity contribution in [2.45, 2.75) is 26.7 Å². The van der Waals surface area contributed by atoms with Crippen molar-refractivity contribution < 1.29 is 9.13 Å². The molecule has 0 saturated heterocycles. The molecule has 1 heterocycles. The van der Waals surface area contributed by atoms with Crippen LogP contribution in [0.1, 0.15) is 31.2 Å². The lowest BCUT2D eigenvalue weighted by molar-refractivity contribution is 0.403. The van der Waals surface area contributed by atoms with E-state index in [0.717, 1.165) is 5.69 Å². The maximum atomic E-state index is 13.3. The van der Waals surface area contributed by atoms with Gasteiger partial charge in [-0.05, 0) is 12.8 Å². The molecule has 2 nitrogen and oxygen atoms in total. The van der Waals surface area contributed by atoms with Crippen molar-refractivity contribution in [2.75, 3.05) is 7.11 Å². The van der Waals surface area contributed by atoms with E-state index in [1.54, 1.807) is 0 Å². The summed E-state index contributed by atoms with van der Waals surface area (Å²) >= 11 is 0. The third-order valence-corrected chi connectivity index (χ3v) is 1.91. The molecule has 0 radical (unpaired) electrons. The first-order valence-electron chi connectivity index (χ1n) is 4.27. The van der Waals surface area contributed by atoms with Gasteiger partial charge in [-0.3, -0.25) is 4.98 Å². The molecule has 0 aliphatic carbocycles. The lowest BCUT2D eigenvalue weighted by Gasteiger charge is -2.10. The Hall–Kier alpha value is -1.12. The molecule has 13 heavy (non-hydrogen) atoms. The van der Waals surface area contributed by atoms with E-state index in [0.29, 0.717) is 11.4 Å². The molecule has 0 aliphatic heterocycles. The van der Waals surface area contributed by atoms with Crippen LogP contribution in [0.15, 0.2) is 6.07 Å². The van der Waals surface area contributed by atoms with Crippen LogP contribution >= 0.6 is 0 Å². The Labute approximate surface area is 77.8 Å². The second kappa shape index (κ2) is 3.73. The minimum Gasteiger partial charge on any atom is -0.495 e. The van der Waals surface area contributed by atoms with E-state index in [1.807, 2.05) is 20.8 Å². The van der Waals surface area contributed by atoms with Gasteiger partial charge in [-0.2, -0.15) is 0 Å². The van der Waals surface area contributed by atoms with Gasteiger partial charge in [0, 0.05) is 6.07 Å². The minimum atomic E-state index is -0.294. The predicted molar refractivity (Wildman–Crippen MR) is 49.6 cm³/mol. The predicted octanol–water partition coefficient (Wildman–Crippen LogP) is 2.66. The number of rotatable bonds is 2. The lowest BCUT2D eigenvalue weighted by atomic mass is 10.1. The van der Waals surface area contributed by atoms with Crippen molar-refractivity contribution >= 4 is 0 Å². The standard InChI is InChI=1S/C10H14FNO/c1-6(2)10-8(11)5-9(13-4)7(3)12-10/h5-6H,1-4H3. The number of halogens is 1. The van der Waals surface area contributed by atoms with Crippen molar-refractivity contribution in [3.63, 3.8) is 0 Å². The Morgan fingerprint density at radius 1 is 1.46 bits per heavy atom. The molecule has 0 aliphatic rings. The highest BCUT2D eigenvalue weighted by Crippen LogP contribution is 2.23. The Kier molecular flexibility index (Phi) is 2.86. The molecule has 0 fully saturated rings. The third-order valence-electron chi connectivity index (χ3n) is 1.91. The number of hydrogen-bond acceptors (Lipinski definition) is 2. The Bertz CT molecular complexity index is 310. The van der Waals surface area contributed by atoms with Crippen molar-refractivity contribution in [1.82, 2.24) is 4.98 Å². The molecule has 0 N–H and O–H groups in total. The van der Waals surface area contributed by atoms with Crippen LogP contribution in [0.5, 0.6) is 5.75 Å². The molecule has 1 aromatic rings. The van der Waals surface area contributed by atoms with Crippen LogP contribution in [-0.4, -0.2) is 12.1 Å². The molecule has 0 amide bonds. The van der Waals surface area contributed by atoms with Gasteiger partial charge in [0.2, 0.25) is 0 Å². The maximum Gasteiger partial charge on any atom is 0.148 e. The van der Waals surface area contributed by atoms with Crippen LogP contribution in [0.2, 0.25) is 0 Å². The Balaban J connectivity index is 3.20. The Morgan fingerprint density at radius 3 is 2.54 bits per heavy atom. The fraction of sp³-hybridized carbons (Fsp3) is 0.500. The molecular formula is C10H14FNO. The molecule has 0 bridgehead atoms. The molecule has 0 spiro atoms. The number of aryl methyl sites for hydroxylation is 1. The fourth-order valence-electron chi connectivity index (χ4n) is 1.19.